The lowest BCUT2D eigenvalue weighted by Gasteiger charge is -2.12. The molecule has 1 unspecified atom stereocenters. The van der Waals surface area contributed by atoms with Crippen molar-refractivity contribution >= 4 is 0 Å². The predicted molar refractivity (Wildman–Crippen MR) is 60.6 cm³/mol. The highest BCUT2D eigenvalue weighted by atomic mass is 19.1. The minimum Gasteiger partial charge on any atom is -0.469 e. The lowest BCUT2D eigenvalue weighted by Crippen LogP contribution is -2.12. The van der Waals surface area contributed by atoms with Gasteiger partial charge in [0.15, 0.2) is 0 Å². The van der Waals surface area contributed by atoms with E-state index in [1.54, 1.807) is 12.3 Å². The minimum absolute atomic E-state index is 0.267. The molecule has 16 heavy (non-hydrogen) atoms. The number of benzene rings is 1. The molecule has 0 saturated heterocycles. The van der Waals surface area contributed by atoms with E-state index in [4.69, 9.17) is 10.2 Å². The first kappa shape index (κ1) is 10.9. The Morgan fingerprint density at radius 2 is 2.00 bits per heavy atom. The van der Waals surface area contributed by atoms with Gasteiger partial charge in [0.25, 0.3) is 0 Å². The zero-order valence-corrected chi connectivity index (χ0v) is 9.33. The highest BCUT2D eigenvalue weighted by molar-refractivity contribution is 5.36. The highest BCUT2D eigenvalue weighted by Crippen LogP contribution is 2.24. The molecule has 2 N–H and O–H groups in total. The number of hydrogen-bond donors (Lipinski definition) is 1. The van der Waals surface area contributed by atoms with Gasteiger partial charge >= 0.3 is 0 Å². The quantitative estimate of drug-likeness (QED) is 0.843. The zero-order chi connectivity index (χ0) is 11.7. The fourth-order valence-electron chi connectivity index (χ4n) is 1.75. The summed E-state index contributed by atoms with van der Waals surface area (Å²) in [6.45, 7) is 3.77. The lowest BCUT2D eigenvalue weighted by atomic mass is 9.97. The van der Waals surface area contributed by atoms with Crippen LogP contribution in [-0.4, -0.2) is 0 Å². The second-order valence-electron chi connectivity index (χ2n) is 3.97. The maximum Gasteiger partial charge on any atom is 0.123 e. The van der Waals surface area contributed by atoms with Crippen LogP contribution >= 0.6 is 0 Å². The Morgan fingerprint density at radius 3 is 2.62 bits per heavy atom. The molecule has 0 bridgehead atoms. The van der Waals surface area contributed by atoms with E-state index >= 15 is 0 Å². The third kappa shape index (κ3) is 1.99. The molecule has 0 fully saturated rings. The van der Waals surface area contributed by atoms with Gasteiger partial charge < -0.3 is 10.2 Å². The van der Waals surface area contributed by atoms with Gasteiger partial charge in [0.1, 0.15) is 11.6 Å². The van der Waals surface area contributed by atoms with Crippen molar-refractivity contribution < 1.29 is 8.81 Å². The SMILES string of the molecule is Cc1cc(C(N)c2cc(F)ccc2C)co1. The molecule has 84 valence electrons. The first-order valence-electron chi connectivity index (χ1n) is 5.14. The Labute approximate surface area is 93.9 Å². The van der Waals surface area contributed by atoms with Gasteiger partial charge in [-0.05, 0) is 43.2 Å². The van der Waals surface area contributed by atoms with E-state index < -0.39 is 0 Å². The Morgan fingerprint density at radius 1 is 1.25 bits per heavy atom. The summed E-state index contributed by atoms with van der Waals surface area (Å²) in [6.07, 6.45) is 1.62. The summed E-state index contributed by atoms with van der Waals surface area (Å²) < 4.78 is 18.4. The molecule has 0 aliphatic heterocycles. The van der Waals surface area contributed by atoms with Crippen molar-refractivity contribution in [3.8, 4) is 0 Å². The molecule has 2 nitrogen and oxygen atoms in total. The van der Waals surface area contributed by atoms with E-state index in [0.29, 0.717) is 0 Å². The third-order valence-corrected chi connectivity index (χ3v) is 2.69. The maximum atomic E-state index is 13.1. The number of aryl methyl sites for hydroxylation is 2. The number of rotatable bonds is 2. The van der Waals surface area contributed by atoms with Crippen LogP contribution in [0.2, 0.25) is 0 Å². The molecule has 2 aromatic rings. The summed E-state index contributed by atoms with van der Waals surface area (Å²) >= 11 is 0. The van der Waals surface area contributed by atoms with Crippen LogP contribution in [0.25, 0.3) is 0 Å². The smallest absolute Gasteiger partial charge is 0.123 e. The van der Waals surface area contributed by atoms with Crippen molar-refractivity contribution in [3.05, 3.63) is 58.8 Å². The lowest BCUT2D eigenvalue weighted by molar-refractivity contribution is 0.530. The molecule has 0 radical (unpaired) electrons. The molecule has 2 rings (SSSR count). The molecule has 0 saturated carbocycles. The second-order valence-corrected chi connectivity index (χ2v) is 3.97. The summed E-state index contributed by atoms with van der Waals surface area (Å²) in [4.78, 5) is 0. The van der Waals surface area contributed by atoms with Gasteiger partial charge in [0.05, 0.1) is 12.3 Å². The molecule has 0 aliphatic rings. The minimum atomic E-state index is -0.340. The van der Waals surface area contributed by atoms with Crippen LogP contribution in [-0.2, 0) is 0 Å². The van der Waals surface area contributed by atoms with E-state index in [9.17, 15) is 4.39 Å². The van der Waals surface area contributed by atoms with Crippen LogP contribution in [0.4, 0.5) is 4.39 Å². The molecule has 1 atom stereocenters. The molecule has 1 heterocycles. The summed E-state index contributed by atoms with van der Waals surface area (Å²) in [6, 6.07) is 6.18. The van der Waals surface area contributed by atoms with Crippen LogP contribution < -0.4 is 5.73 Å². The van der Waals surface area contributed by atoms with Gasteiger partial charge in [-0.3, -0.25) is 0 Å². The van der Waals surface area contributed by atoms with Crippen LogP contribution in [0, 0.1) is 19.7 Å². The van der Waals surface area contributed by atoms with E-state index in [0.717, 1.165) is 22.5 Å². The van der Waals surface area contributed by atoms with Crippen molar-refractivity contribution in [2.45, 2.75) is 19.9 Å². The van der Waals surface area contributed by atoms with E-state index in [2.05, 4.69) is 0 Å². The van der Waals surface area contributed by atoms with Crippen LogP contribution in [0.15, 0.2) is 34.9 Å². The second kappa shape index (κ2) is 4.10. The maximum absolute atomic E-state index is 13.1. The molecule has 1 aromatic carbocycles. The molecule has 1 aromatic heterocycles. The largest absolute Gasteiger partial charge is 0.469 e. The molecule has 0 spiro atoms. The molecular weight excluding hydrogens is 205 g/mol. The fraction of sp³-hybridized carbons (Fsp3) is 0.231. The summed E-state index contributed by atoms with van der Waals surface area (Å²) in [5, 5.41) is 0. The number of nitrogens with two attached hydrogens (primary N) is 1. The van der Waals surface area contributed by atoms with Gasteiger partial charge in [0, 0.05) is 5.56 Å². The summed E-state index contributed by atoms with van der Waals surface area (Å²) in [5.41, 5.74) is 8.71. The van der Waals surface area contributed by atoms with Crippen molar-refractivity contribution in [1.82, 2.24) is 0 Å². The molecular formula is C13H14FNO. The van der Waals surface area contributed by atoms with E-state index in [1.165, 1.54) is 12.1 Å². The molecule has 3 heteroatoms. The van der Waals surface area contributed by atoms with Crippen molar-refractivity contribution in [3.63, 3.8) is 0 Å². The third-order valence-electron chi connectivity index (χ3n) is 2.69. The number of halogens is 1. The Kier molecular flexibility index (Phi) is 2.79. The Hall–Kier alpha value is -1.61. The molecule has 0 amide bonds. The first-order chi connectivity index (χ1) is 7.58. The summed E-state index contributed by atoms with van der Waals surface area (Å²) in [5.74, 6) is 0.538. The topological polar surface area (TPSA) is 39.2 Å². The monoisotopic (exact) mass is 219 g/mol. The number of hydrogen-bond acceptors (Lipinski definition) is 2. The standard InChI is InChI=1S/C13H14FNO/c1-8-3-4-11(14)6-12(8)13(15)10-5-9(2)16-7-10/h3-7,13H,15H2,1-2H3. The summed E-state index contributed by atoms with van der Waals surface area (Å²) in [7, 11) is 0. The molecule has 0 aliphatic carbocycles. The highest BCUT2D eigenvalue weighted by Gasteiger charge is 2.14. The van der Waals surface area contributed by atoms with Gasteiger partial charge in [0.2, 0.25) is 0 Å². The zero-order valence-electron chi connectivity index (χ0n) is 9.33. The van der Waals surface area contributed by atoms with Gasteiger partial charge in [-0.2, -0.15) is 0 Å². The fourth-order valence-corrected chi connectivity index (χ4v) is 1.75. The van der Waals surface area contributed by atoms with Crippen LogP contribution in [0.5, 0.6) is 0 Å². The van der Waals surface area contributed by atoms with Crippen LogP contribution in [0.1, 0.15) is 28.5 Å². The van der Waals surface area contributed by atoms with E-state index in [1.807, 2.05) is 19.9 Å². The van der Waals surface area contributed by atoms with Crippen molar-refractivity contribution in [2.75, 3.05) is 0 Å². The van der Waals surface area contributed by atoms with Crippen molar-refractivity contribution in [2.24, 2.45) is 5.73 Å². The predicted octanol–water partition coefficient (Wildman–Crippen LogP) is 3.08. The number of furan rings is 1. The Balaban J connectivity index is 2.40. The van der Waals surface area contributed by atoms with E-state index in [-0.39, 0.29) is 11.9 Å². The average Bonchev–Trinajstić information content (AvgIpc) is 2.67. The van der Waals surface area contributed by atoms with Crippen LogP contribution in [0.3, 0.4) is 0 Å². The van der Waals surface area contributed by atoms with Gasteiger partial charge in [-0.15, -0.1) is 0 Å². The normalized spacial score (nSPS) is 12.8. The average molecular weight is 219 g/mol. The van der Waals surface area contributed by atoms with Gasteiger partial charge in [-0.25, -0.2) is 4.39 Å². The first-order valence-corrected chi connectivity index (χ1v) is 5.14. The van der Waals surface area contributed by atoms with Crippen molar-refractivity contribution in [1.29, 1.82) is 0 Å². The Bertz CT molecular complexity index is 504. The van der Waals surface area contributed by atoms with Gasteiger partial charge in [-0.1, -0.05) is 6.07 Å².